The highest BCUT2D eigenvalue weighted by Gasteiger charge is 2.19. The van der Waals surface area contributed by atoms with Gasteiger partial charge in [0, 0.05) is 18.1 Å². The van der Waals surface area contributed by atoms with Crippen molar-refractivity contribution in [3.63, 3.8) is 0 Å². The minimum absolute atomic E-state index is 0.151. The largest absolute Gasteiger partial charge is 0.393 e. The van der Waals surface area contributed by atoms with Crippen molar-refractivity contribution in [2.45, 2.75) is 38.3 Å². The summed E-state index contributed by atoms with van der Waals surface area (Å²) in [4.78, 5) is 4.35. The van der Waals surface area contributed by atoms with E-state index in [1.54, 1.807) is 12.3 Å². The number of pyridine rings is 1. The molecular formula is C17H21FN2O. The highest BCUT2D eigenvalue weighted by molar-refractivity contribution is 5.81. The molecular weight excluding hydrogens is 267 g/mol. The Balaban J connectivity index is 1.65. The number of halogens is 1. The van der Waals surface area contributed by atoms with Gasteiger partial charge >= 0.3 is 0 Å². The molecule has 1 aliphatic rings. The fourth-order valence-corrected chi connectivity index (χ4v) is 3.22. The number of aliphatic hydroxyl groups excluding tert-OH is 1. The lowest BCUT2D eigenvalue weighted by Crippen LogP contribution is -2.29. The molecule has 2 N–H and O–H groups in total. The maximum absolute atomic E-state index is 13.6. The molecule has 0 amide bonds. The minimum atomic E-state index is -0.222. The summed E-state index contributed by atoms with van der Waals surface area (Å²) in [6.07, 6.45) is 5.64. The van der Waals surface area contributed by atoms with Crippen LogP contribution in [0.1, 0.15) is 31.2 Å². The van der Waals surface area contributed by atoms with Crippen LogP contribution in [0.3, 0.4) is 0 Å². The van der Waals surface area contributed by atoms with Crippen LogP contribution in [0.4, 0.5) is 4.39 Å². The van der Waals surface area contributed by atoms with Gasteiger partial charge in [0.25, 0.3) is 0 Å². The molecule has 0 saturated heterocycles. The Morgan fingerprint density at radius 1 is 1.33 bits per heavy atom. The van der Waals surface area contributed by atoms with Crippen molar-refractivity contribution in [3.8, 4) is 0 Å². The zero-order valence-corrected chi connectivity index (χ0v) is 12.1. The molecule has 0 radical (unpaired) electrons. The monoisotopic (exact) mass is 288 g/mol. The van der Waals surface area contributed by atoms with Crippen LogP contribution in [0.5, 0.6) is 0 Å². The second-order valence-electron chi connectivity index (χ2n) is 5.96. The summed E-state index contributed by atoms with van der Waals surface area (Å²) in [5.74, 6) is 0.293. The molecule has 1 fully saturated rings. The Kier molecular flexibility index (Phi) is 4.46. The minimum Gasteiger partial charge on any atom is -0.393 e. The number of hydrogen-bond donors (Lipinski definition) is 2. The van der Waals surface area contributed by atoms with E-state index in [1.165, 1.54) is 6.07 Å². The molecule has 0 spiro atoms. The average molecular weight is 288 g/mol. The highest BCUT2D eigenvalue weighted by Crippen LogP contribution is 2.24. The number of nitrogens with one attached hydrogen (secondary N) is 1. The Bertz CT molecular complexity index is 617. The molecule has 2 atom stereocenters. The lowest BCUT2D eigenvalue weighted by molar-refractivity contribution is 0.101. The molecule has 4 heteroatoms. The van der Waals surface area contributed by atoms with E-state index < -0.39 is 0 Å². The first-order chi connectivity index (χ1) is 10.2. The molecule has 0 bridgehead atoms. The van der Waals surface area contributed by atoms with Gasteiger partial charge < -0.3 is 10.4 Å². The fraction of sp³-hybridized carbons (Fsp3) is 0.471. The highest BCUT2D eigenvalue weighted by atomic mass is 19.1. The number of aliphatic hydroxyl groups is 1. The molecule has 0 aliphatic heterocycles. The van der Waals surface area contributed by atoms with Crippen LogP contribution >= 0.6 is 0 Å². The number of aromatic nitrogens is 1. The van der Waals surface area contributed by atoms with E-state index in [2.05, 4.69) is 10.3 Å². The van der Waals surface area contributed by atoms with Gasteiger partial charge in [0.1, 0.15) is 5.82 Å². The molecule has 3 rings (SSSR count). The van der Waals surface area contributed by atoms with Gasteiger partial charge in [0.2, 0.25) is 0 Å². The maximum Gasteiger partial charge on any atom is 0.124 e. The van der Waals surface area contributed by atoms with Crippen molar-refractivity contribution in [2.75, 3.05) is 6.54 Å². The summed E-state index contributed by atoms with van der Waals surface area (Å²) in [5.41, 5.74) is 1.75. The SMILES string of the molecule is OC1CCCC(CNCc2cc(F)cc3cccnc23)C1. The van der Waals surface area contributed by atoms with E-state index in [9.17, 15) is 9.50 Å². The molecule has 2 unspecified atom stereocenters. The van der Waals surface area contributed by atoms with Gasteiger partial charge in [0.15, 0.2) is 0 Å². The molecule has 21 heavy (non-hydrogen) atoms. The second kappa shape index (κ2) is 6.50. The van der Waals surface area contributed by atoms with Crippen molar-refractivity contribution in [1.82, 2.24) is 10.3 Å². The van der Waals surface area contributed by atoms with E-state index in [4.69, 9.17) is 0 Å². The smallest absolute Gasteiger partial charge is 0.124 e. The van der Waals surface area contributed by atoms with E-state index in [1.807, 2.05) is 12.1 Å². The summed E-state index contributed by atoms with van der Waals surface area (Å²) < 4.78 is 13.6. The lowest BCUT2D eigenvalue weighted by atomic mass is 9.87. The number of nitrogens with zero attached hydrogens (tertiary/aromatic N) is 1. The first-order valence-corrected chi connectivity index (χ1v) is 7.64. The van der Waals surface area contributed by atoms with Crippen LogP contribution in [-0.2, 0) is 6.54 Å². The van der Waals surface area contributed by atoms with Gasteiger partial charge in [-0.25, -0.2) is 4.39 Å². The fourth-order valence-electron chi connectivity index (χ4n) is 3.22. The predicted molar refractivity (Wildman–Crippen MR) is 81.4 cm³/mol. The number of benzene rings is 1. The Morgan fingerprint density at radius 2 is 2.24 bits per heavy atom. The summed E-state index contributed by atoms with van der Waals surface area (Å²) in [6.45, 7) is 1.47. The topological polar surface area (TPSA) is 45.1 Å². The number of fused-ring (bicyclic) bond motifs is 1. The van der Waals surface area contributed by atoms with E-state index in [0.29, 0.717) is 12.5 Å². The van der Waals surface area contributed by atoms with E-state index in [0.717, 1.165) is 48.7 Å². The Hall–Kier alpha value is -1.52. The first kappa shape index (κ1) is 14.4. The van der Waals surface area contributed by atoms with Gasteiger partial charge in [-0.2, -0.15) is 0 Å². The van der Waals surface area contributed by atoms with Crippen LogP contribution in [0.15, 0.2) is 30.5 Å². The van der Waals surface area contributed by atoms with Crippen LogP contribution in [-0.4, -0.2) is 22.7 Å². The quantitative estimate of drug-likeness (QED) is 0.909. The molecule has 1 saturated carbocycles. The normalized spacial score (nSPS) is 22.6. The molecule has 3 nitrogen and oxygen atoms in total. The molecule has 1 aromatic heterocycles. The van der Waals surface area contributed by atoms with Crippen LogP contribution in [0.2, 0.25) is 0 Å². The van der Waals surface area contributed by atoms with E-state index in [-0.39, 0.29) is 11.9 Å². The van der Waals surface area contributed by atoms with Crippen molar-refractivity contribution in [3.05, 3.63) is 41.8 Å². The first-order valence-electron chi connectivity index (χ1n) is 7.64. The van der Waals surface area contributed by atoms with Crippen LogP contribution in [0.25, 0.3) is 10.9 Å². The Labute approximate surface area is 124 Å². The van der Waals surface area contributed by atoms with Crippen molar-refractivity contribution in [1.29, 1.82) is 0 Å². The molecule has 1 aromatic carbocycles. The van der Waals surface area contributed by atoms with Crippen molar-refractivity contribution < 1.29 is 9.50 Å². The van der Waals surface area contributed by atoms with Crippen molar-refractivity contribution >= 4 is 10.9 Å². The van der Waals surface area contributed by atoms with Gasteiger partial charge in [-0.05, 0) is 55.5 Å². The molecule has 112 valence electrons. The summed E-state index contributed by atoms with van der Waals surface area (Å²) in [7, 11) is 0. The van der Waals surface area contributed by atoms with Gasteiger partial charge in [-0.3, -0.25) is 4.98 Å². The zero-order valence-electron chi connectivity index (χ0n) is 12.1. The van der Waals surface area contributed by atoms with E-state index >= 15 is 0 Å². The molecule has 1 heterocycles. The third-order valence-electron chi connectivity index (χ3n) is 4.25. The van der Waals surface area contributed by atoms with Crippen LogP contribution in [0, 0.1) is 11.7 Å². The zero-order chi connectivity index (χ0) is 14.7. The number of rotatable bonds is 4. The second-order valence-corrected chi connectivity index (χ2v) is 5.96. The standard InChI is InChI=1S/C17H21FN2O/c18-15-8-13-4-2-6-20-17(13)14(9-15)11-19-10-12-3-1-5-16(21)7-12/h2,4,6,8-9,12,16,19,21H,1,3,5,7,10-11H2. The molecule has 1 aliphatic carbocycles. The summed E-state index contributed by atoms with van der Waals surface area (Å²) in [5, 5.41) is 13.9. The average Bonchev–Trinajstić information content (AvgIpc) is 2.47. The van der Waals surface area contributed by atoms with Gasteiger partial charge in [-0.15, -0.1) is 0 Å². The van der Waals surface area contributed by atoms with Gasteiger partial charge in [0.05, 0.1) is 11.6 Å². The Morgan fingerprint density at radius 3 is 3.10 bits per heavy atom. The number of hydrogen-bond acceptors (Lipinski definition) is 3. The predicted octanol–water partition coefficient (Wildman–Crippen LogP) is 3.01. The van der Waals surface area contributed by atoms with Crippen molar-refractivity contribution in [2.24, 2.45) is 5.92 Å². The molecule has 2 aromatic rings. The van der Waals surface area contributed by atoms with Crippen LogP contribution < -0.4 is 5.32 Å². The summed E-state index contributed by atoms with van der Waals surface area (Å²) >= 11 is 0. The third kappa shape index (κ3) is 3.57. The maximum atomic E-state index is 13.6. The summed E-state index contributed by atoms with van der Waals surface area (Å²) in [6, 6.07) is 6.77. The lowest BCUT2D eigenvalue weighted by Gasteiger charge is -2.26. The third-order valence-corrected chi connectivity index (χ3v) is 4.25. The van der Waals surface area contributed by atoms with Gasteiger partial charge in [-0.1, -0.05) is 12.5 Å².